The minimum atomic E-state index is 0.588. The summed E-state index contributed by atoms with van der Waals surface area (Å²) in [6, 6.07) is 5.74. The molecule has 20 heavy (non-hydrogen) atoms. The Kier molecular flexibility index (Phi) is 4.17. The second-order valence-electron chi connectivity index (χ2n) is 4.42. The number of rotatable bonds is 4. The molecule has 106 valence electrons. The highest BCUT2D eigenvalue weighted by atomic mass is 79.9. The first-order valence-electron chi connectivity index (χ1n) is 6.44. The van der Waals surface area contributed by atoms with Crippen LogP contribution in [0.4, 0.5) is 11.6 Å². The summed E-state index contributed by atoms with van der Waals surface area (Å²) >= 11 is 3.28. The molecule has 1 saturated heterocycles. The molecule has 0 radical (unpaired) electrons. The number of anilines is 2. The van der Waals surface area contributed by atoms with Gasteiger partial charge in [-0.15, -0.1) is 0 Å². The fourth-order valence-corrected chi connectivity index (χ4v) is 2.37. The van der Waals surface area contributed by atoms with Crippen LogP contribution in [0.15, 0.2) is 33.6 Å². The van der Waals surface area contributed by atoms with Gasteiger partial charge in [-0.2, -0.15) is 0 Å². The van der Waals surface area contributed by atoms with Gasteiger partial charge in [0, 0.05) is 19.2 Å². The molecule has 7 heteroatoms. The number of nitrogens with one attached hydrogen (secondary N) is 1. The van der Waals surface area contributed by atoms with Crippen LogP contribution < -0.4 is 10.2 Å². The van der Waals surface area contributed by atoms with Crippen LogP contribution in [0.1, 0.15) is 5.76 Å². The number of furan rings is 1. The summed E-state index contributed by atoms with van der Waals surface area (Å²) in [5, 5.41) is 3.23. The molecule has 0 aliphatic carbocycles. The zero-order chi connectivity index (χ0) is 13.8. The molecule has 0 amide bonds. The Morgan fingerprint density at radius 2 is 2.10 bits per heavy atom. The summed E-state index contributed by atoms with van der Waals surface area (Å²) in [5.41, 5.74) is 0. The molecule has 3 rings (SSSR count). The number of ether oxygens (including phenoxy) is 1. The summed E-state index contributed by atoms with van der Waals surface area (Å²) < 4.78 is 11.5. The molecule has 2 aromatic heterocycles. The van der Waals surface area contributed by atoms with Gasteiger partial charge in [-0.25, -0.2) is 9.97 Å². The van der Waals surface area contributed by atoms with Gasteiger partial charge in [-0.1, -0.05) is 0 Å². The Balaban J connectivity index is 1.64. The van der Waals surface area contributed by atoms with Crippen molar-refractivity contribution in [3.8, 4) is 0 Å². The van der Waals surface area contributed by atoms with E-state index in [1.165, 1.54) is 0 Å². The summed E-state index contributed by atoms with van der Waals surface area (Å²) in [4.78, 5) is 10.7. The van der Waals surface area contributed by atoms with Crippen molar-refractivity contribution in [1.29, 1.82) is 0 Å². The quantitative estimate of drug-likeness (QED) is 0.922. The van der Waals surface area contributed by atoms with Gasteiger partial charge in [0.1, 0.15) is 23.7 Å². The van der Waals surface area contributed by atoms with E-state index in [-0.39, 0.29) is 0 Å². The molecule has 2 aromatic rings. The molecule has 1 N–H and O–H groups in total. The number of morpholine rings is 1. The van der Waals surface area contributed by atoms with Crippen molar-refractivity contribution in [2.75, 3.05) is 36.5 Å². The minimum absolute atomic E-state index is 0.588. The van der Waals surface area contributed by atoms with E-state index >= 15 is 0 Å². The predicted molar refractivity (Wildman–Crippen MR) is 78.8 cm³/mol. The lowest BCUT2D eigenvalue weighted by Crippen LogP contribution is -2.36. The molecule has 3 heterocycles. The first kappa shape index (κ1) is 13.4. The summed E-state index contributed by atoms with van der Waals surface area (Å²) in [6.07, 6.45) is 1.57. The van der Waals surface area contributed by atoms with E-state index < -0.39 is 0 Å². The normalized spacial score (nSPS) is 15.3. The first-order valence-corrected chi connectivity index (χ1v) is 7.23. The Hall–Kier alpha value is -1.60. The number of aromatic nitrogens is 2. The Bertz CT molecular complexity index is 569. The van der Waals surface area contributed by atoms with Gasteiger partial charge in [-0.05, 0) is 28.1 Å². The molecule has 6 nitrogen and oxygen atoms in total. The van der Waals surface area contributed by atoms with Crippen LogP contribution >= 0.6 is 15.9 Å². The second-order valence-corrected chi connectivity index (χ2v) is 5.20. The van der Waals surface area contributed by atoms with Crippen LogP contribution in [0.25, 0.3) is 0 Å². The van der Waals surface area contributed by atoms with E-state index in [4.69, 9.17) is 9.15 Å². The summed E-state index contributed by atoms with van der Waals surface area (Å²) in [6.45, 7) is 3.80. The lowest BCUT2D eigenvalue weighted by Gasteiger charge is -2.27. The molecular formula is C13H15BrN4O2. The summed E-state index contributed by atoms with van der Waals surface area (Å²) in [7, 11) is 0. The number of hydrogen-bond acceptors (Lipinski definition) is 6. The van der Waals surface area contributed by atoms with E-state index in [1.807, 2.05) is 18.2 Å². The van der Waals surface area contributed by atoms with Crippen LogP contribution in [-0.2, 0) is 11.3 Å². The average Bonchev–Trinajstić information content (AvgIpc) is 2.92. The van der Waals surface area contributed by atoms with Crippen molar-refractivity contribution in [1.82, 2.24) is 9.97 Å². The number of halogens is 1. The second kappa shape index (κ2) is 6.23. The monoisotopic (exact) mass is 338 g/mol. The van der Waals surface area contributed by atoms with Gasteiger partial charge in [0.05, 0.1) is 19.8 Å². The van der Waals surface area contributed by atoms with Gasteiger partial charge in [0.15, 0.2) is 4.67 Å². The van der Waals surface area contributed by atoms with Gasteiger partial charge in [0.2, 0.25) is 0 Å². The highest BCUT2D eigenvalue weighted by Crippen LogP contribution is 2.18. The van der Waals surface area contributed by atoms with Crippen molar-refractivity contribution in [2.45, 2.75) is 6.54 Å². The molecule has 1 aliphatic rings. The number of nitrogens with zero attached hydrogens (tertiary/aromatic N) is 3. The standard InChI is InChI=1S/C13H15BrN4O2/c14-11-2-1-10(20-11)8-15-12-7-13(17-9-16-12)18-3-5-19-6-4-18/h1-2,7,9H,3-6,8H2,(H,15,16,17). The maximum atomic E-state index is 5.44. The van der Waals surface area contributed by atoms with Crippen LogP contribution in [0.5, 0.6) is 0 Å². The molecule has 0 atom stereocenters. The van der Waals surface area contributed by atoms with Gasteiger partial charge in [-0.3, -0.25) is 0 Å². The number of hydrogen-bond donors (Lipinski definition) is 1. The minimum Gasteiger partial charge on any atom is -0.452 e. The van der Waals surface area contributed by atoms with E-state index in [0.29, 0.717) is 6.54 Å². The lowest BCUT2D eigenvalue weighted by atomic mass is 10.4. The van der Waals surface area contributed by atoms with Crippen molar-refractivity contribution in [3.63, 3.8) is 0 Å². The fraction of sp³-hybridized carbons (Fsp3) is 0.385. The van der Waals surface area contributed by atoms with Crippen molar-refractivity contribution in [3.05, 3.63) is 35.0 Å². The third-order valence-electron chi connectivity index (χ3n) is 3.06. The largest absolute Gasteiger partial charge is 0.452 e. The maximum Gasteiger partial charge on any atom is 0.169 e. The molecule has 0 unspecified atom stereocenters. The molecule has 0 aromatic carbocycles. The van der Waals surface area contributed by atoms with Crippen molar-refractivity contribution in [2.24, 2.45) is 0 Å². The predicted octanol–water partition coefficient (Wildman–Crippen LogP) is 2.28. The van der Waals surface area contributed by atoms with Gasteiger partial charge in [0.25, 0.3) is 0 Å². The Morgan fingerprint density at radius 1 is 1.25 bits per heavy atom. The maximum absolute atomic E-state index is 5.44. The van der Waals surface area contributed by atoms with E-state index in [1.54, 1.807) is 6.33 Å². The summed E-state index contributed by atoms with van der Waals surface area (Å²) in [5.74, 6) is 2.56. The Morgan fingerprint density at radius 3 is 2.85 bits per heavy atom. The molecule has 0 saturated carbocycles. The fourth-order valence-electron chi connectivity index (χ4n) is 2.03. The molecule has 0 spiro atoms. The van der Waals surface area contributed by atoms with E-state index in [9.17, 15) is 0 Å². The first-order chi connectivity index (χ1) is 9.81. The SMILES string of the molecule is Brc1ccc(CNc2cc(N3CCOCC3)ncn2)o1. The molecule has 0 bridgehead atoms. The average molecular weight is 339 g/mol. The third kappa shape index (κ3) is 3.29. The molecular weight excluding hydrogens is 324 g/mol. The topological polar surface area (TPSA) is 63.4 Å². The van der Waals surface area contributed by atoms with Gasteiger partial charge >= 0.3 is 0 Å². The van der Waals surface area contributed by atoms with Crippen molar-refractivity contribution >= 4 is 27.6 Å². The van der Waals surface area contributed by atoms with Crippen LogP contribution in [0, 0.1) is 0 Å². The molecule has 1 aliphatic heterocycles. The van der Waals surface area contributed by atoms with E-state index in [0.717, 1.165) is 48.4 Å². The lowest BCUT2D eigenvalue weighted by molar-refractivity contribution is 0.122. The smallest absolute Gasteiger partial charge is 0.169 e. The van der Waals surface area contributed by atoms with Crippen LogP contribution in [-0.4, -0.2) is 36.3 Å². The van der Waals surface area contributed by atoms with Crippen LogP contribution in [0.2, 0.25) is 0 Å². The van der Waals surface area contributed by atoms with Crippen molar-refractivity contribution < 1.29 is 9.15 Å². The van der Waals surface area contributed by atoms with E-state index in [2.05, 4.69) is 36.1 Å². The zero-order valence-electron chi connectivity index (χ0n) is 10.9. The molecule has 1 fully saturated rings. The highest BCUT2D eigenvalue weighted by molar-refractivity contribution is 9.10. The van der Waals surface area contributed by atoms with Gasteiger partial charge < -0.3 is 19.4 Å². The third-order valence-corrected chi connectivity index (χ3v) is 3.49. The highest BCUT2D eigenvalue weighted by Gasteiger charge is 2.13. The van der Waals surface area contributed by atoms with Crippen LogP contribution in [0.3, 0.4) is 0 Å². The zero-order valence-corrected chi connectivity index (χ0v) is 12.5. The Labute approximate surface area is 125 Å².